The minimum atomic E-state index is -4.39. The molecule has 1 amide bonds. The molecule has 4 aliphatic rings. The van der Waals surface area contributed by atoms with E-state index >= 15 is 0 Å². The molecule has 4 saturated carbocycles. The summed E-state index contributed by atoms with van der Waals surface area (Å²) < 4.78 is 44.3. The maximum Gasteiger partial charge on any atom is 0.446 e. The summed E-state index contributed by atoms with van der Waals surface area (Å²) in [6.45, 7) is -0.0111. The summed E-state index contributed by atoms with van der Waals surface area (Å²) in [6, 6.07) is 15.3. The Morgan fingerprint density at radius 2 is 1.64 bits per heavy atom. The lowest BCUT2D eigenvalue weighted by atomic mass is 9.47. The minimum absolute atomic E-state index is 0.0111. The van der Waals surface area contributed by atoms with Gasteiger partial charge in [-0.05, 0) is 85.4 Å². The molecule has 4 bridgehead atoms. The van der Waals surface area contributed by atoms with Gasteiger partial charge in [-0.15, -0.1) is 23.2 Å². The van der Waals surface area contributed by atoms with Crippen LogP contribution in [-0.4, -0.2) is 38.3 Å². The maximum atomic E-state index is 13.8. The molecular formula is C31H28Cl2F3NO4S. The van der Waals surface area contributed by atoms with Gasteiger partial charge in [-0.2, -0.15) is 13.2 Å². The summed E-state index contributed by atoms with van der Waals surface area (Å²) in [4.78, 5) is 25.4. The fourth-order valence-electron chi connectivity index (χ4n) is 7.80. The van der Waals surface area contributed by atoms with Crippen LogP contribution in [0.25, 0.3) is 10.8 Å². The SMILES string of the molecule is O=C(NC(C(=O)O)C12CC3CC(Cl)(CC(Cl)(C3)C1)C2)c1ccc2ccccc2c1OCc1ccc(SC(F)(F)F)cc1. The molecule has 222 valence electrons. The third-order valence-corrected chi connectivity index (χ3v) is 10.4. The number of benzene rings is 3. The van der Waals surface area contributed by atoms with Crippen molar-refractivity contribution in [2.45, 2.75) is 71.3 Å². The van der Waals surface area contributed by atoms with Crippen molar-refractivity contribution in [3.8, 4) is 5.75 Å². The maximum absolute atomic E-state index is 13.8. The molecule has 0 saturated heterocycles. The zero-order valence-electron chi connectivity index (χ0n) is 22.3. The lowest BCUT2D eigenvalue weighted by molar-refractivity contribution is -0.148. The Balaban J connectivity index is 1.28. The van der Waals surface area contributed by atoms with Gasteiger partial charge in [0.2, 0.25) is 0 Å². The Morgan fingerprint density at radius 3 is 2.26 bits per heavy atom. The van der Waals surface area contributed by atoms with Crippen molar-refractivity contribution in [3.63, 3.8) is 0 Å². The minimum Gasteiger partial charge on any atom is -0.487 e. The van der Waals surface area contributed by atoms with Gasteiger partial charge in [0, 0.05) is 25.4 Å². The predicted octanol–water partition coefficient (Wildman–Crippen LogP) is 8.15. The highest BCUT2D eigenvalue weighted by Crippen LogP contribution is 2.68. The molecule has 0 spiro atoms. The van der Waals surface area contributed by atoms with E-state index in [4.69, 9.17) is 27.9 Å². The van der Waals surface area contributed by atoms with Crippen LogP contribution in [0.3, 0.4) is 0 Å². The van der Waals surface area contributed by atoms with Crippen LogP contribution < -0.4 is 10.1 Å². The molecule has 4 fully saturated rings. The van der Waals surface area contributed by atoms with Crippen molar-refractivity contribution in [1.29, 1.82) is 0 Å². The highest BCUT2D eigenvalue weighted by atomic mass is 35.5. The first kappa shape index (κ1) is 29.5. The van der Waals surface area contributed by atoms with Crippen molar-refractivity contribution < 1.29 is 32.6 Å². The monoisotopic (exact) mass is 637 g/mol. The van der Waals surface area contributed by atoms with E-state index in [0.717, 1.165) is 18.2 Å². The zero-order chi connectivity index (χ0) is 29.9. The second-order valence-electron chi connectivity index (χ2n) is 12.1. The van der Waals surface area contributed by atoms with E-state index in [1.807, 2.05) is 12.1 Å². The van der Waals surface area contributed by atoms with E-state index < -0.39 is 38.6 Å². The Hall–Kier alpha value is -2.62. The van der Waals surface area contributed by atoms with Gasteiger partial charge in [0.1, 0.15) is 18.4 Å². The first-order valence-corrected chi connectivity index (χ1v) is 15.2. The molecule has 0 aromatic heterocycles. The molecular weight excluding hydrogens is 610 g/mol. The first-order valence-electron chi connectivity index (χ1n) is 13.7. The number of alkyl halides is 5. The smallest absolute Gasteiger partial charge is 0.446 e. The van der Waals surface area contributed by atoms with E-state index in [-0.39, 0.29) is 40.5 Å². The Bertz CT molecular complexity index is 1530. The number of hydrogen-bond acceptors (Lipinski definition) is 4. The van der Waals surface area contributed by atoms with Gasteiger partial charge < -0.3 is 15.2 Å². The van der Waals surface area contributed by atoms with Gasteiger partial charge in [-0.1, -0.05) is 42.5 Å². The molecule has 0 aliphatic heterocycles. The fraction of sp³-hybridized carbons (Fsp3) is 0.419. The molecule has 0 radical (unpaired) electrons. The van der Waals surface area contributed by atoms with E-state index in [1.54, 1.807) is 24.3 Å². The van der Waals surface area contributed by atoms with Crippen LogP contribution in [0.5, 0.6) is 5.75 Å². The number of ether oxygens (including phenoxy) is 1. The summed E-state index contributed by atoms with van der Waals surface area (Å²) in [5.74, 6) is -1.26. The second-order valence-corrected chi connectivity index (χ2v) is 14.8. The number of amides is 1. The Morgan fingerprint density at radius 1 is 0.976 bits per heavy atom. The van der Waals surface area contributed by atoms with Crippen LogP contribution in [0.2, 0.25) is 0 Å². The number of rotatable bonds is 8. The van der Waals surface area contributed by atoms with Gasteiger partial charge in [0.05, 0.1) is 5.56 Å². The van der Waals surface area contributed by atoms with E-state index in [2.05, 4.69) is 5.32 Å². The van der Waals surface area contributed by atoms with Gasteiger partial charge >= 0.3 is 11.5 Å². The van der Waals surface area contributed by atoms with Crippen molar-refractivity contribution in [1.82, 2.24) is 5.32 Å². The second kappa shape index (κ2) is 10.5. The van der Waals surface area contributed by atoms with Gasteiger partial charge in [0.15, 0.2) is 0 Å². The molecule has 0 heterocycles. The molecule has 3 aromatic carbocycles. The standard InChI is InChI=1S/C31H28Cl2F3NO4S/c32-29-12-19-11-28(15-29,16-30(33,13-19)17-29)25(27(39)40)37-26(38)23-10-7-20-3-1-2-4-22(20)24(23)41-14-18-5-8-21(9-6-18)42-31(34,35)36/h1-10,19,25H,11-17H2,(H,37,38)(H,39,40). The van der Waals surface area contributed by atoms with Crippen LogP contribution in [0.1, 0.15) is 54.4 Å². The van der Waals surface area contributed by atoms with Gasteiger partial charge in [-0.25, -0.2) is 4.79 Å². The van der Waals surface area contributed by atoms with Gasteiger partial charge in [-0.3, -0.25) is 4.79 Å². The quantitative estimate of drug-likeness (QED) is 0.193. The summed E-state index contributed by atoms with van der Waals surface area (Å²) in [5.41, 5.74) is -4.38. The van der Waals surface area contributed by atoms with Crippen molar-refractivity contribution in [3.05, 3.63) is 71.8 Å². The normalized spacial score (nSPS) is 28.9. The number of carbonyl (C=O) groups excluding carboxylic acids is 1. The van der Waals surface area contributed by atoms with Crippen LogP contribution >= 0.6 is 35.0 Å². The lowest BCUT2D eigenvalue weighted by Crippen LogP contribution is -2.66. The zero-order valence-corrected chi connectivity index (χ0v) is 24.7. The van der Waals surface area contributed by atoms with Crippen LogP contribution in [0, 0.1) is 11.3 Å². The lowest BCUT2D eigenvalue weighted by Gasteiger charge is -2.64. The molecule has 42 heavy (non-hydrogen) atoms. The number of carbonyl (C=O) groups is 2. The molecule has 7 rings (SSSR count). The van der Waals surface area contributed by atoms with E-state index in [1.165, 1.54) is 24.3 Å². The number of hydrogen-bond donors (Lipinski definition) is 2. The van der Waals surface area contributed by atoms with Crippen LogP contribution in [0.15, 0.2) is 65.6 Å². The van der Waals surface area contributed by atoms with Crippen molar-refractivity contribution >= 4 is 57.6 Å². The topological polar surface area (TPSA) is 75.6 Å². The molecule has 4 aliphatic carbocycles. The van der Waals surface area contributed by atoms with Crippen LogP contribution in [-0.2, 0) is 11.4 Å². The molecule has 2 N–H and O–H groups in total. The summed E-state index contributed by atoms with van der Waals surface area (Å²) in [5, 5.41) is 14.6. The molecule has 3 aromatic rings. The van der Waals surface area contributed by atoms with Crippen molar-refractivity contribution in [2.24, 2.45) is 11.3 Å². The van der Waals surface area contributed by atoms with Crippen molar-refractivity contribution in [2.75, 3.05) is 0 Å². The van der Waals surface area contributed by atoms with E-state index in [9.17, 15) is 27.9 Å². The number of carboxylic acids is 1. The summed E-state index contributed by atoms with van der Waals surface area (Å²) >= 11 is 13.8. The number of fused-ring (bicyclic) bond motifs is 1. The number of halogens is 5. The van der Waals surface area contributed by atoms with E-state index in [0.29, 0.717) is 36.6 Å². The average molecular weight is 639 g/mol. The summed E-state index contributed by atoms with van der Waals surface area (Å²) in [7, 11) is 0. The fourth-order valence-corrected chi connectivity index (χ4v) is 9.89. The first-order chi connectivity index (χ1) is 19.8. The molecule has 3 unspecified atom stereocenters. The number of nitrogens with one attached hydrogen (secondary N) is 1. The summed E-state index contributed by atoms with van der Waals surface area (Å²) in [6.07, 6.45) is 3.78. The third-order valence-electron chi connectivity index (χ3n) is 8.77. The molecule has 11 heteroatoms. The Labute approximate surface area is 255 Å². The highest BCUT2D eigenvalue weighted by Gasteiger charge is 2.66. The Kier molecular flexibility index (Phi) is 7.38. The van der Waals surface area contributed by atoms with Crippen LogP contribution in [0.4, 0.5) is 13.2 Å². The molecule has 5 nitrogen and oxygen atoms in total. The highest BCUT2D eigenvalue weighted by molar-refractivity contribution is 8.00. The molecule has 3 atom stereocenters. The van der Waals surface area contributed by atoms with Gasteiger partial charge in [0.25, 0.3) is 5.91 Å². The number of aliphatic carboxylic acids is 1. The predicted molar refractivity (Wildman–Crippen MR) is 156 cm³/mol. The largest absolute Gasteiger partial charge is 0.487 e. The third kappa shape index (κ3) is 5.80. The number of thioether (sulfide) groups is 1. The average Bonchev–Trinajstić information content (AvgIpc) is 2.87. The number of carboxylic acid groups (broad SMARTS) is 1.